The summed E-state index contributed by atoms with van der Waals surface area (Å²) in [5.74, 6) is -0.786. The molecule has 0 amide bonds. The molecule has 0 spiro atoms. The van der Waals surface area contributed by atoms with Gasteiger partial charge in [-0.05, 0) is 31.9 Å². The van der Waals surface area contributed by atoms with Crippen molar-refractivity contribution in [3.8, 4) is 0 Å². The summed E-state index contributed by atoms with van der Waals surface area (Å²) >= 11 is 1.45. The Kier molecular flexibility index (Phi) is 3.81. The van der Waals surface area contributed by atoms with E-state index in [1.807, 2.05) is 31.2 Å². The van der Waals surface area contributed by atoms with Crippen molar-refractivity contribution in [1.82, 2.24) is 3.96 Å². The van der Waals surface area contributed by atoms with Gasteiger partial charge in [0.2, 0.25) is 0 Å². The zero-order chi connectivity index (χ0) is 13.1. The smallest absolute Gasteiger partial charge is 0.303 e. The lowest BCUT2D eigenvalue weighted by Gasteiger charge is -2.10. The monoisotopic (exact) mass is 265 g/mol. The Morgan fingerprint density at radius 1 is 1.44 bits per heavy atom. The summed E-state index contributed by atoms with van der Waals surface area (Å²) in [6, 6.07) is 7.58. The second kappa shape index (κ2) is 5.35. The van der Waals surface area contributed by atoms with E-state index in [-0.39, 0.29) is 18.0 Å². The average molecular weight is 265 g/mol. The number of benzene rings is 1. The van der Waals surface area contributed by atoms with E-state index in [1.54, 1.807) is 3.96 Å². The van der Waals surface area contributed by atoms with E-state index in [1.165, 1.54) is 11.5 Å². The van der Waals surface area contributed by atoms with Crippen LogP contribution in [-0.4, -0.2) is 15.0 Å². The van der Waals surface area contributed by atoms with Crippen LogP contribution in [0.4, 0.5) is 0 Å². The topological polar surface area (TPSA) is 59.3 Å². The normalized spacial score (nSPS) is 12.7. The lowest BCUT2D eigenvalue weighted by Crippen LogP contribution is -2.17. The van der Waals surface area contributed by atoms with Crippen molar-refractivity contribution in [2.75, 3.05) is 0 Å². The average Bonchev–Trinajstić information content (AvgIpc) is 2.67. The molecule has 2 rings (SSSR count). The third-order valence-corrected chi connectivity index (χ3v) is 4.20. The Morgan fingerprint density at radius 3 is 2.83 bits per heavy atom. The molecule has 0 aliphatic rings. The third kappa shape index (κ3) is 2.61. The van der Waals surface area contributed by atoms with Gasteiger partial charge in [-0.1, -0.05) is 23.7 Å². The Labute approximate surface area is 109 Å². The molecule has 18 heavy (non-hydrogen) atoms. The molecule has 0 aliphatic carbocycles. The molecule has 0 fully saturated rings. The standard InChI is InChI=1S/C13H15NO3S/c1-9(5-4-8-12(15)16)14-13(17)10-6-2-3-7-11(10)18-14/h2-3,6-7,9H,4-5,8H2,1H3,(H,15,16). The first-order valence-electron chi connectivity index (χ1n) is 5.92. The van der Waals surface area contributed by atoms with Gasteiger partial charge >= 0.3 is 5.97 Å². The molecule has 2 aromatic rings. The van der Waals surface area contributed by atoms with Crippen LogP contribution in [-0.2, 0) is 4.79 Å². The number of aromatic nitrogens is 1. The third-order valence-electron chi connectivity index (χ3n) is 2.93. The maximum Gasteiger partial charge on any atom is 0.303 e. The van der Waals surface area contributed by atoms with Crippen LogP contribution in [0, 0.1) is 0 Å². The lowest BCUT2D eigenvalue weighted by atomic mass is 10.1. The number of carboxylic acid groups (broad SMARTS) is 1. The first-order chi connectivity index (χ1) is 8.59. The van der Waals surface area contributed by atoms with E-state index in [9.17, 15) is 9.59 Å². The zero-order valence-corrected chi connectivity index (χ0v) is 10.9. The summed E-state index contributed by atoms with van der Waals surface area (Å²) in [4.78, 5) is 22.6. The predicted molar refractivity (Wildman–Crippen MR) is 72.3 cm³/mol. The van der Waals surface area contributed by atoms with E-state index >= 15 is 0 Å². The fraction of sp³-hybridized carbons (Fsp3) is 0.385. The van der Waals surface area contributed by atoms with Crippen molar-refractivity contribution < 1.29 is 9.90 Å². The predicted octanol–water partition coefficient (Wildman–Crippen LogP) is 2.88. The summed E-state index contributed by atoms with van der Waals surface area (Å²) in [6.45, 7) is 1.96. The van der Waals surface area contributed by atoms with E-state index in [0.717, 1.165) is 10.1 Å². The maximum absolute atomic E-state index is 12.1. The Morgan fingerprint density at radius 2 is 2.17 bits per heavy atom. The van der Waals surface area contributed by atoms with Gasteiger partial charge < -0.3 is 5.11 Å². The van der Waals surface area contributed by atoms with Crippen LogP contribution in [0.2, 0.25) is 0 Å². The molecule has 0 aliphatic heterocycles. The van der Waals surface area contributed by atoms with Crippen molar-refractivity contribution in [3.05, 3.63) is 34.6 Å². The van der Waals surface area contributed by atoms with Crippen molar-refractivity contribution in [2.45, 2.75) is 32.2 Å². The Bertz CT molecular complexity index is 614. The number of fused-ring (bicyclic) bond motifs is 1. The quantitative estimate of drug-likeness (QED) is 0.904. The minimum absolute atomic E-state index is 0.0263. The molecular weight excluding hydrogens is 250 g/mol. The summed E-state index contributed by atoms with van der Waals surface area (Å²) in [5, 5.41) is 9.34. The molecule has 1 aromatic carbocycles. The molecule has 1 heterocycles. The lowest BCUT2D eigenvalue weighted by molar-refractivity contribution is -0.137. The highest BCUT2D eigenvalue weighted by Gasteiger charge is 2.12. The molecular formula is C13H15NO3S. The van der Waals surface area contributed by atoms with E-state index in [4.69, 9.17) is 5.11 Å². The van der Waals surface area contributed by atoms with E-state index in [2.05, 4.69) is 0 Å². The Hall–Kier alpha value is -1.62. The molecule has 0 saturated heterocycles. The number of carbonyl (C=O) groups is 1. The van der Waals surface area contributed by atoms with Gasteiger partial charge in [0, 0.05) is 12.5 Å². The molecule has 96 valence electrons. The largest absolute Gasteiger partial charge is 0.481 e. The minimum atomic E-state index is -0.786. The van der Waals surface area contributed by atoms with Crippen molar-refractivity contribution >= 4 is 27.6 Å². The van der Waals surface area contributed by atoms with Gasteiger partial charge in [-0.3, -0.25) is 13.5 Å². The number of aliphatic carboxylic acids is 1. The summed E-state index contributed by atoms with van der Waals surface area (Å²) in [7, 11) is 0. The fourth-order valence-electron chi connectivity index (χ4n) is 1.95. The minimum Gasteiger partial charge on any atom is -0.481 e. The Balaban J connectivity index is 2.17. The van der Waals surface area contributed by atoms with Gasteiger partial charge in [-0.25, -0.2) is 0 Å². The van der Waals surface area contributed by atoms with Crippen molar-refractivity contribution in [2.24, 2.45) is 0 Å². The number of carboxylic acids is 1. The number of nitrogens with zero attached hydrogens (tertiary/aromatic N) is 1. The molecule has 4 nitrogen and oxygen atoms in total. The highest BCUT2D eigenvalue weighted by molar-refractivity contribution is 7.13. The van der Waals surface area contributed by atoms with Crippen LogP contribution in [0.1, 0.15) is 32.2 Å². The molecule has 1 N–H and O–H groups in total. The highest BCUT2D eigenvalue weighted by atomic mass is 32.1. The van der Waals surface area contributed by atoms with Gasteiger partial charge in [0.25, 0.3) is 5.56 Å². The van der Waals surface area contributed by atoms with Gasteiger partial charge in [0.1, 0.15) is 0 Å². The summed E-state index contributed by atoms with van der Waals surface area (Å²) in [6.07, 6.45) is 1.46. The SMILES string of the molecule is CC(CCCC(=O)O)n1sc2ccccc2c1=O. The summed E-state index contributed by atoms with van der Waals surface area (Å²) in [5.41, 5.74) is 0.0263. The molecule has 1 unspecified atom stereocenters. The van der Waals surface area contributed by atoms with Crippen LogP contribution in [0.5, 0.6) is 0 Å². The molecule has 0 bridgehead atoms. The first kappa shape index (κ1) is 12.8. The van der Waals surface area contributed by atoms with Crippen LogP contribution in [0.3, 0.4) is 0 Å². The van der Waals surface area contributed by atoms with Gasteiger partial charge in [0.15, 0.2) is 0 Å². The molecule has 0 saturated carbocycles. The molecule has 1 aromatic heterocycles. The van der Waals surface area contributed by atoms with E-state index in [0.29, 0.717) is 12.8 Å². The summed E-state index contributed by atoms with van der Waals surface area (Å²) < 4.78 is 2.72. The van der Waals surface area contributed by atoms with Gasteiger partial charge in [-0.15, -0.1) is 0 Å². The number of rotatable bonds is 5. The van der Waals surface area contributed by atoms with Gasteiger partial charge in [0.05, 0.1) is 10.1 Å². The van der Waals surface area contributed by atoms with Crippen LogP contribution in [0.25, 0.3) is 10.1 Å². The van der Waals surface area contributed by atoms with E-state index < -0.39 is 5.97 Å². The molecule has 5 heteroatoms. The fourth-order valence-corrected chi connectivity index (χ4v) is 3.02. The highest BCUT2D eigenvalue weighted by Crippen LogP contribution is 2.22. The van der Waals surface area contributed by atoms with Crippen LogP contribution >= 0.6 is 11.5 Å². The van der Waals surface area contributed by atoms with Crippen molar-refractivity contribution in [1.29, 1.82) is 0 Å². The number of hydrogen-bond donors (Lipinski definition) is 1. The number of hydrogen-bond acceptors (Lipinski definition) is 3. The van der Waals surface area contributed by atoms with Crippen molar-refractivity contribution in [3.63, 3.8) is 0 Å². The zero-order valence-electron chi connectivity index (χ0n) is 10.1. The first-order valence-corrected chi connectivity index (χ1v) is 6.69. The maximum atomic E-state index is 12.1. The van der Waals surface area contributed by atoms with Crippen LogP contribution in [0.15, 0.2) is 29.1 Å². The molecule has 1 atom stereocenters. The molecule has 0 radical (unpaired) electrons. The second-order valence-corrected chi connectivity index (χ2v) is 5.37. The van der Waals surface area contributed by atoms with Crippen LogP contribution < -0.4 is 5.56 Å². The van der Waals surface area contributed by atoms with Gasteiger partial charge in [-0.2, -0.15) is 0 Å². The second-order valence-electron chi connectivity index (χ2n) is 4.35.